The third-order valence-corrected chi connectivity index (χ3v) is 3.15. The highest BCUT2D eigenvalue weighted by Crippen LogP contribution is 2.33. The van der Waals surface area contributed by atoms with Gasteiger partial charge >= 0.3 is 0 Å². The van der Waals surface area contributed by atoms with Gasteiger partial charge in [-0.3, -0.25) is 4.79 Å². The Labute approximate surface area is 98.6 Å². The molecule has 0 saturated carbocycles. The lowest BCUT2D eigenvalue weighted by Gasteiger charge is -2.09. The van der Waals surface area contributed by atoms with E-state index in [9.17, 15) is 4.79 Å². The molecule has 2 rings (SSSR count). The fourth-order valence-corrected chi connectivity index (χ4v) is 2.25. The van der Waals surface area contributed by atoms with E-state index in [1.165, 1.54) is 5.56 Å². The Bertz CT molecular complexity index is 364. The number of carbonyl (C=O) groups excluding carboxylic acids is 1. The van der Waals surface area contributed by atoms with E-state index in [0.717, 1.165) is 6.42 Å². The van der Waals surface area contributed by atoms with Crippen LogP contribution in [-0.4, -0.2) is 16.3 Å². The van der Waals surface area contributed by atoms with Crippen LogP contribution in [-0.2, 0) is 11.2 Å². The zero-order valence-electron chi connectivity index (χ0n) is 8.04. The van der Waals surface area contributed by atoms with E-state index in [1.807, 2.05) is 30.3 Å². The van der Waals surface area contributed by atoms with Crippen molar-refractivity contribution in [1.29, 1.82) is 0 Å². The molecule has 1 amide bonds. The second kappa shape index (κ2) is 4.03. The van der Waals surface area contributed by atoms with E-state index >= 15 is 0 Å². The Morgan fingerprint density at radius 3 is 2.53 bits per heavy atom. The summed E-state index contributed by atoms with van der Waals surface area (Å²) >= 11 is 11.7. The molecule has 1 saturated heterocycles. The molecule has 1 atom stereocenters. The Morgan fingerprint density at radius 1 is 1.33 bits per heavy atom. The van der Waals surface area contributed by atoms with Crippen LogP contribution in [0.1, 0.15) is 12.0 Å². The van der Waals surface area contributed by atoms with Gasteiger partial charge in [-0.05, 0) is 12.0 Å². The Kier molecular flexibility index (Phi) is 2.89. The lowest BCUT2D eigenvalue weighted by Crippen LogP contribution is -2.30. The molecule has 1 heterocycles. The van der Waals surface area contributed by atoms with Crippen molar-refractivity contribution in [3.63, 3.8) is 0 Å². The van der Waals surface area contributed by atoms with Crippen molar-refractivity contribution in [2.24, 2.45) is 0 Å². The second-order valence-corrected chi connectivity index (χ2v) is 5.25. The number of amides is 1. The van der Waals surface area contributed by atoms with Crippen LogP contribution >= 0.6 is 23.2 Å². The molecule has 4 heteroatoms. The molecule has 80 valence electrons. The summed E-state index contributed by atoms with van der Waals surface area (Å²) in [5.41, 5.74) is 1.17. The molecule has 1 unspecified atom stereocenters. The van der Waals surface area contributed by atoms with Crippen LogP contribution < -0.4 is 5.32 Å². The van der Waals surface area contributed by atoms with E-state index in [0.29, 0.717) is 6.42 Å². The molecule has 1 fully saturated rings. The summed E-state index contributed by atoms with van der Waals surface area (Å²) in [6.07, 6.45) is 1.23. The van der Waals surface area contributed by atoms with E-state index in [4.69, 9.17) is 23.2 Å². The van der Waals surface area contributed by atoms with Gasteiger partial charge in [-0.1, -0.05) is 53.5 Å². The second-order valence-electron chi connectivity index (χ2n) is 3.77. The van der Waals surface area contributed by atoms with Crippen LogP contribution in [0.15, 0.2) is 30.3 Å². The van der Waals surface area contributed by atoms with Gasteiger partial charge in [0, 0.05) is 12.5 Å². The fraction of sp³-hybridized carbons (Fsp3) is 0.364. The fourth-order valence-electron chi connectivity index (χ4n) is 1.77. The Morgan fingerprint density at radius 2 is 2.00 bits per heavy atom. The van der Waals surface area contributed by atoms with Crippen LogP contribution in [0, 0.1) is 0 Å². The van der Waals surface area contributed by atoms with Crippen LogP contribution in [0.2, 0.25) is 0 Å². The Balaban J connectivity index is 2.02. The SMILES string of the molecule is O=C1NC(Cc2ccccc2)CC1(Cl)Cl. The monoisotopic (exact) mass is 243 g/mol. The molecular formula is C11H11Cl2NO. The van der Waals surface area contributed by atoms with Gasteiger partial charge in [-0.15, -0.1) is 0 Å². The Hall–Kier alpha value is -0.730. The lowest BCUT2D eigenvalue weighted by atomic mass is 10.0. The van der Waals surface area contributed by atoms with Crippen LogP contribution in [0.3, 0.4) is 0 Å². The molecule has 0 radical (unpaired) electrons. The van der Waals surface area contributed by atoms with Gasteiger partial charge in [0.05, 0.1) is 0 Å². The summed E-state index contributed by atoms with van der Waals surface area (Å²) in [7, 11) is 0. The molecule has 1 aliphatic heterocycles. The summed E-state index contributed by atoms with van der Waals surface area (Å²) in [5.74, 6) is -0.285. The molecule has 15 heavy (non-hydrogen) atoms. The smallest absolute Gasteiger partial charge is 0.256 e. The summed E-state index contributed by atoms with van der Waals surface area (Å²) in [6.45, 7) is 0. The number of alkyl halides is 2. The van der Waals surface area contributed by atoms with E-state index in [2.05, 4.69) is 5.32 Å². The predicted octanol–water partition coefficient (Wildman–Crippen LogP) is 2.29. The first kappa shape index (κ1) is 10.8. The van der Waals surface area contributed by atoms with Crippen LogP contribution in [0.4, 0.5) is 0 Å². The topological polar surface area (TPSA) is 29.1 Å². The average Bonchev–Trinajstić information content (AvgIpc) is 2.42. The van der Waals surface area contributed by atoms with Gasteiger partial charge in [-0.2, -0.15) is 0 Å². The zero-order chi connectivity index (χ0) is 10.9. The first-order valence-corrected chi connectivity index (χ1v) is 5.56. The predicted molar refractivity (Wildman–Crippen MR) is 61.1 cm³/mol. The van der Waals surface area contributed by atoms with Crippen molar-refractivity contribution in [2.75, 3.05) is 0 Å². The maximum absolute atomic E-state index is 11.3. The third-order valence-electron chi connectivity index (χ3n) is 2.50. The quantitative estimate of drug-likeness (QED) is 0.794. The molecule has 1 aromatic rings. The number of nitrogens with one attached hydrogen (secondary N) is 1. The van der Waals surface area contributed by atoms with Crippen LogP contribution in [0.25, 0.3) is 0 Å². The summed E-state index contributed by atoms with van der Waals surface area (Å²) in [5, 5.41) is 2.79. The maximum Gasteiger partial charge on any atom is 0.256 e. The molecule has 2 nitrogen and oxygen atoms in total. The molecule has 0 aromatic heterocycles. The van der Waals surface area contributed by atoms with Crippen molar-refractivity contribution in [1.82, 2.24) is 5.32 Å². The first-order chi connectivity index (χ1) is 7.08. The minimum atomic E-state index is -1.25. The molecule has 0 bridgehead atoms. The molecule has 1 aliphatic rings. The van der Waals surface area contributed by atoms with Gasteiger partial charge in [0.25, 0.3) is 5.91 Å². The molecule has 1 aromatic carbocycles. The molecule has 0 aliphatic carbocycles. The minimum Gasteiger partial charge on any atom is -0.350 e. The minimum absolute atomic E-state index is 0.0369. The highest BCUT2D eigenvalue weighted by atomic mass is 35.5. The highest BCUT2D eigenvalue weighted by Gasteiger charge is 2.43. The molecule has 1 N–H and O–H groups in total. The van der Waals surface area contributed by atoms with Crippen molar-refractivity contribution < 1.29 is 4.79 Å². The van der Waals surface area contributed by atoms with Crippen molar-refractivity contribution >= 4 is 29.1 Å². The number of hydrogen-bond donors (Lipinski definition) is 1. The van der Waals surface area contributed by atoms with E-state index < -0.39 is 4.33 Å². The van der Waals surface area contributed by atoms with Crippen LogP contribution in [0.5, 0.6) is 0 Å². The van der Waals surface area contributed by atoms with Gasteiger partial charge < -0.3 is 5.32 Å². The van der Waals surface area contributed by atoms with E-state index in [1.54, 1.807) is 0 Å². The summed E-state index contributed by atoms with van der Waals surface area (Å²) < 4.78 is -1.25. The highest BCUT2D eigenvalue weighted by molar-refractivity contribution is 6.58. The molecule has 0 spiro atoms. The third kappa shape index (κ3) is 2.44. The van der Waals surface area contributed by atoms with Gasteiger partial charge in [0.1, 0.15) is 0 Å². The van der Waals surface area contributed by atoms with Crippen molar-refractivity contribution in [3.8, 4) is 0 Å². The number of halogens is 2. The number of rotatable bonds is 2. The summed E-state index contributed by atoms with van der Waals surface area (Å²) in [6, 6.07) is 9.99. The van der Waals surface area contributed by atoms with E-state index in [-0.39, 0.29) is 11.9 Å². The maximum atomic E-state index is 11.3. The van der Waals surface area contributed by atoms with Crippen molar-refractivity contribution in [3.05, 3.63) is 35.9 Å². The van der Waals surface area contributed by atoms with Gasteiger partial charge in [0.2, 0.25) is 0 Å². The summed E-state index contributed by atoms with van der Waals surface area (Å²) in [4.78, 5) is 11.3. The standard InChI is InChI=1S/C11H11Cl2NO/c12-11(13)7-9(14-10(11)15)6-8-4-2-1-3-5-8/h1-5,9H,6-7H2,(H,14,15). The first-order valence-electron chi connectivity index (χ1n) is 4.81. The number of benzene rings is 1. The number of carbonyl (C=O) groups is 1. The zero-order valence-corrected chi connectivity index (χ0v) is 9.55. The largest absolute Gasteiger partial charge is 0.350 e. The number of hydrogen-bond acceptors (Lipinski definition) is 1. The van der Waals surface area contributed by atoms with Gasteiger partial charge in [-0.25, -0.2) is 0 Å². The lowest BCUT2D eigenvalue weighted by molar-refractivity contribution is -0.119. The molecular weight excluding hydrogens is 233 g/mol. The normalized spacial score (nSPS) is 23.9. The van der Waals surface area contributed by atoms with Crippen molar-refractivity contribution in [2.45, 2.75) is 23.2 Å². The average molecular weight is 244 g/mol. The van der Waals surface area contributed by atoms with Gasteiger partial charge in [0.15, 0.2) is 4.33 Å².